The molecule has 1 aromatic heterocycles. The van der Waals surface area contributed by atoms with Crippen molar-refractivity contribution in [2.24, 2.45) is 13.0 Å². The summed E-state index contributed by atoms with van der Waals surface area (Å²) in [6, 6.07) is 4.53. The molecule has 1 aromatic carbocycles. The Bertz CT molecular complexity index is 720. The minimum Gasteiger partial charge on any atom is -0.508 e. The lowest BCUT2D eigenvalue weighted by atomic mass is 9.75. The Morgan fingerprint density at radius 2 is 2.17 bits per heavy atom. The Kier molecular flexibility index (Phi) is 4.09. The number of hydrogen-bond acceptors (Lipinski definition) is 4. The van der Waals surface area contributed by atoms with Gasteiger partial charge in [0, 0.05) is 24.4 Å². The number of benzene rings is 1. The van der Waals surface area contributed by atoms with Crippen LogP contribution >= 0.6 is 0 Å². The number of rotatable bonds is 4. The first-order valence-corrected chi connectivity index (χ1v) is 7.71. The Morgan fingerprint density at radius 3 is 2.74 bits per heavy atom. The van der Waals surface area contributed by atoms with Gasteiger partial charge in [0.25, 0.3) is 5.91 Å². The lowest BCUT2D eigenvalue weighted by Crippen LogP contribution is -2.41. The summed E-state index contributed by atoms with van der Waals surface area (Å²) >= 11 is 0. The summed E-state index contributed by atoms with van der Waals surface area (Å²) in [5.74, 6) is 0.165. The molecule has 0 aliphatic heterocycles. The van der Waals surface area contributed by atoms with E-state index in [1.165, 1.54) is 6.07 Å². The molecular formula is C17H21N3O3. The second-order valence-electron chi connectivity index (χ2n) is 6.28. The van der Waals surface area contributed by atoms with E-state index in [0.717, 1.165) is 11.1 Å². The molecule has 3 N–H and O–H groups in total. The van der Waals surface area contributed by atoms with Crippen molar-refractivity contribution in [1.29, 1.82) is 0 Å². The van der Waals surface area contributed by atoms with Crippen molar-refractivity contribution < 1.29 is 15.0 Å². The fourth-order valence-corrected chi connectivity index (χ4v) is 3.10. The molecule has 6 heteroatoms. The number of carbonyl (C=O) groups is 1. The molecule has 0 spiro atoms. The van der Waals surface area contributed by atoms with Crippen molar-refractivity contribution in [3.8, 4) is 5.75 Å². The molecule has 1 aliphatic carbocycles. The number of aliphatic hydroxyl groups is 1. The Hall–Kier alpha value is -2.34. The van der Waals surface area contributed by atoms with Gasteiger partial charge in [0.1, 0.15) is 5.75 Å². The van der Waals surface area contributed by atoms with Crippen molar-refractivity contribution in [2.75, 3.05) is 0 Å². The average Bonchev–Trinajstić information content (AvgIpc) is 2.88. The highest BCUT2D eigenvalue weighted by Gasteiger charge is 2.36. The molecule has 0 radical (unpaired) electrons. The first-order chi connectivity index (χ1) is 10.9. The topological polar surface area (TPSA) is 87.4 Å². The smallest absolute Gasteiger partial charge is 0.252 e. The SMILES string of the molecule is Cc1cc(O)ccc1C(=O)N[C@H](c1cnn(C)c1)C1CC(O)C1. The maximum atomic E-state index is 12.6. The van der Waals surface area contributed by atoms with Crippen LogP contribution in [0.5, 0.6) is 5.75 Å². The molecule has 1 atom stereocenters. The van der Waals surface area contributed by atoms with Crippen LogP contribution in [0.15, 0.2) is 30.6 Å². The van der Waals surface area contributed by atoms with Gasteiger partial charge in [-0.1, -0.05) is 0 Å². The highest BCUT2D eigenvalue weighted by atomic mass is 16.3. The molecule has 6 nitrogen and oxygen atoms in total. The van der Waals surface area contributed by atoms with Crippen LogP contribution in [-0.2, 0) is 7.05 Å². The number of aliphatic hydroxyl groups excluding tert-OH is 1. The highest BCUT2D eigenvalue weighted by Crippen LogP contribution is 2.38. The number of aromatic hydroxyl groups is 1. The zero-order valence-corrected chi connectivity index (χ0v) is 13.2. The number of phenolic OH excluding ortho intramolecular Hbond substituents is 1. The van der Waals surface area contributed by atoms with Crippen LogP contribution in [0.4, 0.5) is 0 Å². The third kappa shape index (κ3) is 3.22. The lowest BCUT2D eigenvalue weighted by molar-refractivity contribution is 0.0235. The standard InChI is InChI=1S/C17H21N3O3/c1-10-5-13(21)3-4-15(10)17(23)19-16(11-6-14(22)7-11)12-8-18-20(2)9-12/h3-5,8-9,11,14,16,21-22H,6-7H2,1-2H3,(H,19,23)/t11?,14?,16-/m0/s1. The molecule has 0 unspecified atom stereocenters. The maximum Gasteiger partial charge on any atom is 0.252 e. The minimum atomic E-state index is -0.286. The highest BCUT2D eigenvalue weighted by molar-refractivity contribution is 5.96. The van der Waals surface area contributed by atoms with E-state index in [2.05, 4.69) is 10.4 Å². The summed E-state index contributed by atoms with van der Waals surface area (Å²) in [5, 5.41) is 26.3. The van der Waals surface area contributed by atoms with Gasteiger partial charge in [-0.25, -0.2) is 0 Å². The molecule has 3 rings (SSSR count). The van der Waals surface area contributed by atoms with Crippen molar-refractivity contribution >= 4 is 5.91 Å². The normalized spacial score (nSPS) is 21.5. The maximum absolute atomic E-state index is 12.6. The molecule has 0 saturated heterocycles. The predicted octanol–water partition coefficient (Wildman–Crippen LogP) is 1.68. The van der Waals surface area contributed by atoms with Gasteiger partial charge in [0.15, 0.2) is 0 Å². The van der Waals surface area contributed by atoms with Crippen molar-refractivity contribution in [3.63, 3.8) is 0 Å². The third-order valence-corrected chi connectivity index (χ3v) is 4.45. The monoisotopic (exact) mass is 315 g/mol. The fraction of sp³-hybridized carbons (Fsp3) is 0.412. The summed E-state index contributed by atoms with van der Waals surface area (Å²) in [6.07, 6.45) is 4.70. The van der Waals surface area contributed by atoms with E-state index >= 15 is 0 Å². The Morgan fingerprint density at radius 1 is 1.43 bits per heavy atom. The first-order valence-electron chi connectivity index (χ1n) is 7.71. The van der Waals surface area contributed by atoms with Gasteiger partial charge in [0.2, 0.25) is 0 Å². The quantitative estimate of drug-likeness (QED) is 0.801. The fourth-order valence-electron chi connectivity index (χ4n) is 3.10. The molecular weight excluding hydrogens is 294 g/mol. The van der Waals surface area contributed by atoms with Gasteiger partial charge in [-0.15, -0.1) is 0 Å². The Labute approximate surface area is 134 Å². The zero-order chi connectivity index (χ0) is 16.6. The van der Waals surface area contributed by atoms with Gasteiger partial charge in [0.05, 0.1) is 18.3 Å². The predicted molar refractivity (Wildman–Crippen MR) is 85.0 cm³/mol. The Balaban J connectivity index is 1.81. The summed E-state index contributed by atoms with van der Waals surface area (Å²) in [5.41, 5.74) is 2.20. The van der Waals surface area contributed by atoms with Crippen LogP contribution in [0, 0.1) is 12.8 Å². The average molecular weight is 315 g/mol. The van der Waals surface area contributed by atoms with E-state index in [1.54, 1.807) is 29.9 Å². The third-order valence-electron chi connectivity index (χ3n) is 4.45. The largest absolute Gasteiger partial charge is 0.508 e. The number of phenols is 1. The van der Waals surface area contributed by atoms with E-state index in [-0.39, 0.29) is 29.7 Å². The molecule has 1 aliphatic rings. The summed E-state index contributed by atoms with van der Waals surface area (Å²) in [6.45, 7) is 1.79. The number of aromatic nitrogens is 2. The second kappa shape index (κ2) is 6.04. The van der Waals surface area contributed by atoms with E-state index in [4.69, 9.17) is 0 Å². The van der Waals surface area contributed by atoms with Crippen LogP contribution in [0.3, 0.4) is 0 Å². The van der Waals surface area contributed by atoms with Crippen molar-refractivity contribution in [1.82, 2.24) is 15.1 Å². The van der Waals surface area contributed by atoms with Crippen molar-refractivity contribution in [3.05, 3.63) is 47.3 Å². The molecule has 1 saturated carbocycles. The van der Waals surface area contributed by atoms with Gasteiger partial charge in [-0.2, -0.15) is 5.10 Å². The summed E-state index contributed by atoms with van der Waals surface area (Å²) in [4.78, 5) is 12.6. The van der Waals surface area contributed by atoms with Crippen LogP contribution in [0.2, 0.25) is 0 Å². The number of nitrogens with one attached hydrogen (secondary N) is 1. The minimum absolute atomic E-state index is 0.143. The lowest BCUT2D eigenvalue weighted by Gasteiger charge is -2.37. The van der Waals surface area contributed by atoms with E-state index in [1.807, 2.05) is 13.2 Å². The molecule has 1 heterocycles. The van der Waals surface area contributed by atoms with Gasteiger partial charge in [-0.3, -0.25) is 9.48 Å². The summed E-state index contributed by atoms with van der Waals surface area (Å²) < 4.78 is 1.70. The molecule has 122 valence electrons. The number of carbonyl (C=O) groups excluding carboxylic acids is 1. The van der Waals surface area contributed by atoms with E-state index < -0.39 is 0 Å². The molecule has 23 heavy (non-hydrogen) atoms. The molecule has 2 aromatic rings. The number of amides is 1. The van der Waals surface area contributed by atoms with Crippen molar-refractivity contribution in [2.45, 2.75) is 31.9 Å². The first kappa shape index (κ1) is 15.6. The van der Waals surface area contributed by atoms with Crippen LogP contribution < -0.4 is 5.32 Å². The molecule has 1 amide bonds. The number of nitrogens with zero attached hydrogens (tertiary/aromatic N) is 2. The van der Waals surface area contributed by atoms with E-state index in [9.17, 15) is 15.0 Å². The van der Waals surface area contributed by atoms with Crippen LogP contribution in [0.1, 0.15) is 40.4 Å². The number of hydrogen-bond donors (Lipinski definition) is 3. The van der Waals surface area contributed by atoms with Gasteiger partial charge in [-0.05, 0) is 49.4 Å². The van der Waals surface area contributed by atoms with Gasteiger partial charge >= 0.3 is 0 Å². The number of aryl methyl sites for hydroxylation is 2. The molecule has 1 fully saturated rings. The molecule has 0 bridgehead atoms. The van der Waals surface area contributed by atoms with Crippen LogP contribution in [-0.4, -0.2) is 32.0 Å². The summed E-state index contributed by atoms with van der Waals surface area (Å²) in [7, 11) is 1.84. The second-order valence-corrected chi connectivity index (χ2v) is 6.28. The van der Waals surface area contributed by atoms with Gasteiger partial charge < -0.3 is 15.5 Å². The van der Waals surface area contributed by atoms with Crippen LogP contribution in [0.25, 0.3) is 0 Å². The zero-order valence-electron chi connectivity index (χ0n) is 13.2. The van der Waals surface area contributed by atoms with E-state index in [0.29, 0.717) is 18.4 Å².